The molecule has 0 aliphatic heterocycles. The summed E-state index contributed by atoms with van der Waals surface area (Å²) in [5.41, 5.74) is 1.11. The first-order valence-electron chi connectivity index (χ1n) is 3.07. The van der Waals surface area contributed by atoms with Gasteiger partial charge in [-0.15, -0.1) is 11.3 Å². The summed E-state index contributed by atoms with van der Waals surface area (Å²) in [5, 5.41) is 3.00. The third-order valence-corrected chi connectivity index (χ3v) is 2.03. The number of hydrogen-bond acceptors (Lipinski definition) is 2. The fraction of sp³-hybridized carbons (Fsp3) is 0.125. The van der Waals surface area contributed by atoms with Crippen LogP contribution in [0.3, 0.4) is 0 Å². The molecule has 0 atom stereocenters. The van der Waals surface area contributed by atoms with Crippen LogP contribution in [0.15, 0.2) is 30.3 Å². The van der Waals surface area contributed by atoms with Crippen molar-refractivity contribution in [3.8, 4) is 0 Å². The van der Waals surface area contributed by atoms with Crippen molar-refractivity contribution in [2.45, 2.75) is 6.92 Å². The molecule has 1 aromatic heterocycles. The highest BCUT2D eigenvalue weighted by Crippen LogP contribution is 2.16. The SMILES string of the molecule is C=C/C(=C\C)c1nccs1. The van der Waals surface area contributed by atoms with Gasteiger partial charge >= 0.3 is 0 Å². The van der Waals surface area contributed by atoms with Crippen molar-refractivity contribution in [2.24, 2.45) is 0 Å². The second-order valence-corrected chi connectivity index (χ2v) is 2.68. The first-order chi connectivity index (χ1) is 4.88. The molecule has 0 fully saturated rings. The Bertz CT molecular complexity index is 234. The van der Waals surface area contributed by atoms with Crippen LogP contribution in [0, 0.1) is 0 Å². The molecule has 0 bridgehead atoms. The number of nitrogens with zero attached hydrogens (tertiary/aromatic N) is 1. The van der Waals surface area contributed by atoms with Gasteiger partial charge in [0.05, 0.1) is 0 Å². The van der Waals surface area contributed by atoms with Crippen LogP contribution < -0.4 is 0 Å². The van der Waals surface area contributed by atoms with Crippen LogP contribution in [0.5, 0.6) is 0 Å². The van der Waals surface area contributed by atoms with Gasteiger partial charge in [0.25, 0.3) is 0 Å². The number of allylic oxidation sites excluding steroid dienone is 3. The molecule has 10 heavy (non-hydrogen) atoms. The number of hydrogen-bond donors (Lipinski definition) is 0. The molecule has 0 radical (unpaired) electrons. The molecule has 0 saturated carbocycles. The summed E-state index contributed by atoms with van der Waals surface area (Å²) in [4.78, 5) is 4.14. The van der Waals surface area contributed by atoms with Gasteiger partial charge in [0.2, 0.25) is 0 Å². The minimum absolute atomic E-state index is 1.04. The molecule has 1 nitrogen and oxygen atoms in total. The van der Waals surface area contributed by atoms with E-state index in [2.05, 4.69) is 11.6 Å². The fourth-order valence-electron chi connectivity index (χ4n) is 0.695. The Balaban J connectivity index is 2.95. The zero-order valence-electron chi connectivity index (χ0n) is 5.87. The summed E-state index contributed by atoms with van der Waals surface area (Å²) in [6.45, 7) is 5.67. The Morgan fingerprint density at radius 3 is 3.00 bits per heavy atom. The van der Waals surface area contributed by atoms with Gasteiger partial charge in [-0.05, 0) is 6.92 Å². The first kappa shape index (κ1) is 7.22. The highest BCUT2D eigenvalue weighted by Gasteiger charge is 1.95. The molecule has 1 aromatic rings. The van der Waals surface area contributed by atoms with Gasteiger partial charge in [-0.1, -0.05) is 18.7 Å². The summed E-state index contributed by atoms with van der Waals surface area (Å²) in [6.07, 6.45) is 5.62. The molecule has 0 unspecified atom stereocenters. The summed E-state index contributed by atoms with van der Waals surface area (Å²) in [5.74, 6) is 0. The van der Waals surface area contributed by atoms with Gasteiger partial charge in [0, 0.05) is 17.2 Å². The predicted octanol–water partition coefficient (Wildman–Crippen LogP) is 2.73. The lowest BCUT2D eigenvalue weighted by Gasteiger charge is -1.91. The maximum absolute atomic E-state index is 4.14. The largest absolute Gasteiger partial charge is 0.245 e. The topological polar surface area (TPSA) is 12.9 Å². The predicted molar refractivity (Wildman–Crippen MR) is 46.0 cm³/mol. The molecule has 52 valence electrons. The van der Waals surface area contributed by atoms with Gasteiger partial charge in [-0.2, -0.15) is 0 Å². The van der Waals surface area contributed by atoms with E-state index in [1.54, 1.807) is 17.5 Å². The molecule has 0 saturated heterocycles. The maximum Gasteiger partial charge on any atom is 0.122 e. The Hall–Kier alpha value is -0.890. The zero-order valence-corrected chi connectivity index (χ0v) is 6.69. The first-order valence-corrected chi connectivity index (χ1v) is 3.95. The van der Waals surface area contributed by atoms with Gasteiger partial charge in [-0.25, -0.2) is 4.98 Å². The molecule has 0 spiro atoms. The molecule has 0 aromatic carbocycles. The van der Waals surface area contributed by atoms with Crippen LogP contribution >= 0.6 is 11.3 Å². The van der Waals surface area contributed by atoms with E-state index in [1.807, 2.05) is 24.5 Å². The van der Waals surface area contributed by atoms with Crippen LogP contribution in [0.1, 0.15) is 11.9 Å². The van der Waals surface area contributed by atoms with E-state index in [0.29, 0.717) is 0 Å². The summed E-state index contributed by atoms with van der Waals surface area (Å²) in [6, 6.07) is 0. The van der Waals surface area contributed by atoms with Crippen molar-refractivity contribution in [3.63, 3.8) is 0 Å². The smallest absolute Gasteiger partial charge is 0.122 e. The highest BCUT2D eigenvalue weighted by molar-refractivity contribution is 7.10. The molecule has 2 heteroatoms. The Morgan fingerprint density at radius 2 is 2.60 bits per heavy atom. The minimum Gasteiger partial charge on any atom is -0.245 e. The number of thiazole rings is 1. The Morgan fingerprint density at radius 1 is 1.80 bits per heavy atom. The van der Waals surface area contributed by atoms with E-state index in [-0.39, 0.29) is 0 Å². The van der Waals surface area contributed by atoms with E-state index in [9.17, 15) is 0 Å². The molecule has 0 N–H and O–H groups in total. The standard InChI is InChI=1S/C8H9NS/c1-3-7(4-2)8-9-5-6-10-8/h3-6H,1H2,2H3/b7-4+. The molecule has 1 rings (SSSR count). The van der Waals surface area contributed by atoms with Crippen molar-refractivity contribution in [3.05, 3.63) is 35.3 Å². The van der Waals surface area contributed by atoms with Crippen molar-refractivity contribution in [2.75, 3.05) is 0 Å². The molecular weight excluding hydrogens is 142 g/mol. The van der Waals surface area contributed by atoms with Crippen LogP contribution in [-0.2, 0) is 0 Å². The monoisotopic (exact) mass is 151 g/mol. The molecular formula is C8H9NS. The van der Waals surface area contributed by atoms with Crippen LogP contribution in [0.4, 0.5) is 0 Å². The van der Waals surface area contributed by atoms with E-state index in [0.717, 1.165) is 10.6 Å². The quantitative estimate of drug-likeness (QED) is 0.592. The van der Waals surface area contributed by atoms with Crippen LogP contribution in [-0.4, -0.2) is 4.98 Å². The van der Waals surface area contributed by atoms with E-state index < -0.39 is 0 Å². The summed E-state index contributed by atoms with van der Waals surface area (Å²) >= 11 is 1.63. The third-order valence-electron chi connectivity index (χ3n) is 1.21. The lowest BCUT2D eigenvalue weighted by Crippen LogP contribution is -1.74. The zero-order chi connectivity index (χ0) is 7.40. The minimum atomic E-state index is 1.04. The fourth-order valence-corrected chi connectivity index (χ4v) is 1.40. The van der Waals surface area contributed by atoms with Crippen molar-refractivity contribution in [1.82, 2.24) is 4.98 Å². The van der Waals surface area contributed by atoms with Gasteiger partial charge in [-0.3, -0.25) is 0 Å². The third kappa shape index (κ3) is 1.33. The van der Waals surface area contributed by atoms with E-state index >= 15 is 0 Å². The summed E-state index contributed by atoms with van der Waals surface area (Å²) < 4.78 is 0. The Kier molecular flexibility index (Phi) is 2.40. The summed E-state index contributed by atoms with van der Waals surface area (Å²) in [7, 11) is 0. The lowest BCUT2D eigenvalue weighted by atomic mass is 10.3. The second kappa shape index (κ2) is 3.32. The number of rotatable bonds is 2. The maximum atomic E-state index is 4.14. The molecule has 1 heterocycles. The molecule has 0 aliphatic rings. The van der Waals surface area contributed by atoms with Crippen LogP contribution in [0.25, 0.3) is 5.57 Å². The Labute approximate surface area is 64.7 Å². The van der Waals surface area contributed by atoms with Crippen molar-refractivity contribution in [1.29, 1.82) is 0 Å². The second-order valence-electron chi connectivity index (χ2n) is 1.79. The number of aromatic nitrogens is 1. The molecule has 0 amide bonds. The van der Waals surface area contributed by atoms with Crippen molar-refractivity contribution < 1.29 is 0 Å². The van der Waals surface area contributed by atoms with Crippen LogP contribution in [0.2, 0.25) is 0 Å². The van der Waals surface area contributed by atoms with Crippen molar-refractivity contribution >= 4 is 16.9 Å². The normalized spacial score (nSPS) is 11.5. The average Bonchev–Trinajstić information content (AvgIpc) is 2.43. The average molecular weight is 151 g/mol. The van der Waals surface area contributed by atoms with Gasteiger partial charge < -0.3 is 0 Å². The molecule has 0 aliphatic carbocycles. The van der Waals surface area contributed by atoms with E-state index in [1.165, 1.54) is 0 Å². The lowest BCUT2D eigenvalue weighted by molar-refractivity contribution is 1.38. The van der Waals surface area contributed by atoms with Gasteiger partial charge in [0.1, 0.15) is 5.01 Å². The van der Waals surface area contributed by atoms with E-state index in [4.69, 9.17) is 0 Å². The van der Waals surface area contributed by atoms with Gasteiger partial charge in [0.15, 0.2) is 0 Å². The highest BCUT2D eigenvalue weighted by atomic mass is 32.1.